The van der Waals surface area contributed by atoms with Gasteiger partial charge in [0.2, 0.25) is 5.92 Å². The Morgan fingerprint density at radius 3 is 2.79 bits per heavy atom. The molecule has 0 bridgehead atoms. The van der Waals surface area contributed by atoms with Crippen LogP contribution in [0, 0.1) is 17.8 Å². The summed E-state index contributed by atoms with van der Waals surface area (Å²) in [6.45, 7) is 4.20. The monoisotopic (exact) mass is 273 g/mol. The first kappa shape index (κ1) is 14.9. The van der Waals surface area contributed by atoms with E-state index in [1.807, 2.05) is 0 Å². The second-order valence-electron chi connectivity index (χ2n) is 6.50. The van der Waals surface area contributed by atoms with E-state index in [-0.39, 0.29) is 24.5 Å². The van der Waals surface area contributed by atoms with Crippen LogP contribution < -0.4 is 5.32 Å². The smallest absolute Gasteiger partial charge is 0.248 e. The van der Waals surface area contributed by atoms with Crippen LogP contribution in [0.25, 0.3) is 0 Å². The van der Waals surface area contributed by atoms with E-state index >= 15 is 0 Å². The van der Waals surface area contributed by atoms with Gasteiger partial charge in [0.05, 0.1) is 0 Å². The minimum atomic E-state index is -2.52. The first-order chi connectivity index (χ1) is 8.96. The molecule has 1 heterocycles. The zero-order valence-electron chi connectivity index (χ0n) is 11.8. The van der Waals surface area contributed by atoms with Gasteiger partial charge in [-0.15, -0.1) is 0 Å². The van der Waals surface area contributed by atoms with E-state index in [9.17, 15) is 13.6 Å². The van der Waals surface area contributed by atoms with Crippen molar-refractivity contribution in [1.82, 2.24) is 5.32 Å². The van der Waals surface area contributed by atoms with Crippen molar-refractivity contribution in [3.63, 3.8) is 0 Å². The zero-order valence-corrected chi connectivity index (χ0v) is 11.8. The van der Waals surface area contributed by atoms with Gasteiger partial charge in [-0.1, -0.05) is 6.92 Å². The Kier molecular flexibility index (Phi) is 4.93. The molecule has 0 aromatic rings. The van der Waals surface area contributed by atoms with Crippen molar-refractivity contribution in [3.05, 3.63) is 0 Å². The first-order valence-electron chi connectivity index (χ1n) is 7.56. The summed E-state index contributed by atoms with van der Waals surface area (Å²) < 4.78 is 26.2. The summed E-state index contributed by atoms with van der Waals surface area (Å²) in [4.78, 5) is 12.0. The lowest BCUT2D eigenvalue weighted by molar-refractivity contribution is -0.121. The van der Waals surface area contributed by atoms with E-state index in [0.29, 0.717) is 31.1 Å². The molecular formula is C15H25F2NO. The average molecular weight is 273 g/mol. The number of ketones is 1. The molecule has 2 nitrogen and oxygen atoms in total. The normalized spacial score (nSPS) is 32.2. The number of rotatable bonds is 5. The molecule has 110 valence electrons. The predicted octanol–water partition coefficient (Wildman–Crippen LogP) is 3.41. The van der Waals surface area contributed by atoms with Gasteiger partial charge in [0.1, 0.15) is 5.78 Å². The van der Waals surface area contributed by atoms with Gasteiger partial charge in [-0.25, -0.2) is 8.78 Å². The van der Waals surface area contributed by atoms with Crippen molar-refractivity contribution < 1.29 is 13.6 Å². The maximum absolute atomic E-state index is 13.1. The number of carbonyl (C=O) groups is 1. The SMILES string of the molecule is CC(CC(=O)CC1CCC(F)(F)C1)C1CCCNC1. The third-order valence-electron chi connectivity index (χ3n) is 4.71. The van der Waals surface area contributed by atoms with Crippen LogP contribution in [0.3, 0.4) is 0 Å². The van der Waals surface area contributed by atoms with E-state index in [2.05, 4.69) is 12.2 Å². The van der Waals surface area contributed by atoms with Crippen LogP contribution in [0.1, 0.15) is 51.9 Å². The highest BCUT2D eigenvalue weighted by molar-refractivity contribution is 5.78. The lowest BCUT2D eigenvalue weighted by Gasteiger charge is -2.28. The van der Waals surface area contributed by atoms with Crippen LogP contribution in [0.4, 0.5) is 8.78 Å². The third-order valence-corrected chi connectivity index (χ3v) is 4.71. The fourth-order valence-electron chi connectivity index (χ4n) is 3.51. The van der Waals surface area contributed by atoms with Crippen LogP contribution >= 0.6 is 0 Å². The second-order valence-corrected chi connectivity index (χ2v) is 6.50. The number of piperidine rings is 1. The van der Waals surface area contributed by atoms with E-state index < -0.39 is 5.92 Å². The molecule has 1 aliphatic heterocycles. The quantitative estimate of drug-likeness (QED) is 0.831. The molecule has 2 fully saturated rings. The van der Waals surface area contributed by atoms with Crippen LogP contribution in [0.5, 0.6) is 0 Å². The minimum Gasteiger partial charge on any atom is -0.316 e. The Labute approximate surface area is 114 Å². The topological polar surface area (TPSA) is 29.1 Å². The molecule has 0 aromatic carbocycles. The third kappa shape index (κ3) is 4.51. The highest BCUT2D eigenvalue weighted by Gasteiger charge is 2.40. The van der Waals surface area contributed by atoms with Gasteiger partial charge in [-0.3, -0.25) is 4.79 Å². The van der Waals surface area contributed by atoms with Crippen molar-refractivity contribution in [3.8, 4) is 0 Å². The highest BCUT2D eigenvalue weighted by atomic mass is 19.3. The second kappa shape index (κ2) is 6.29. The Bertz CT molecular complexity index is 313. The van der Waals surface area contributed by atoms with E-state index in [4.69, 9.17) is 0 Å². The highest BCUT2D eigenvalue weighted by Crippen LogP contribution is 2.40. The van der Waals surface area contributed by atoms with Gasteiger partial charge < -0.3 is 5.32 Å². The number of carbonyl (C=O) groups excluding carboxylic acids is 1. The van der Waals surface area contributed by atoms with Gasteiger partial charge in [-0.2, -0.15) is 0 Å². The molecule has 2 aliphatic rings. The number of hydrogen-bond donors (Lipinski definition) is 1. The summed E-state index contributed by atoms with van der Waals surface area (Å²) in [5, 5.41) is 3.36. The van der Waals surface area contributed by atoms with Gasteiger partial charge >= 0.3 is 0 Å². The molecule has 19 heavy (non-hydrogen) atoms. The summed E-state index contributed by atoms with van der Waals surface area (Å²) in [6, 6.07) is 0. The summed E-state index contributed by atoms with van der Waals surface area (Å²) in [7, 11) is 0. The Morgan fingerprint density at radius 1 is 1.42 bits per heavy atom. The van der Waals surface area contributed by atoms with Crippen molar-refractivity contribution >= 4 is 5.78 Å². The Balaban J connectivity index is 1.72. The van der Waals surface area contributed by atoms with Crippen LogP contribution in [0.15, 0.2) is 0 Å². The minimum absolute atomic E-state index is 0.0347. The van der Waals surface area contributed by atoms with Crippen molar-refractivity contribution in [2.45, 2.75) is 57.8 Å². The molecule has 0 radical (unpaired) electrons. The number of Topliss-reactive ketones (excluding diaryl/α,β-unsaturated/α-hetero) is 1. The summed E-state index contributed by atoms with van der Waals surface area (Å²) in [6.07, 6.45) is 3.68. The van der Waals surface area contributed by atoms with Crippen LogP contribution in [-0.2, 0) is 4.79 Å². The first-order valence-corrected chi connectivity index (χ1v) is 7.56. The lowest BCUT2D eigenvalue weighted by Crippen LogP contribution is -2.34. The van der Waals surface area contributed by atoms with Crippen molar-refractivity contribution in [2.24, 2.45) is 17.8 Å². The number of hydrogen-bond acceptors (Lipinski definition) is 2. The number of halogens is 2. The van der Waals surface area contributed by atoms with Gasteiger partial charge in [0, 0.05) is 25.7 Å². The molecule has 1 aliphatic carbocycles. The van der Waals surface area contributed by atoms with Crippen molar-refractivity contribution in [2.75, 3.05) is 13.1 Å². The molecule has 0 amide bonds. The molecule has 1 saturated heterocycles. The molecule has 3 unspecified atom stereocenters. The summed E-state index contributed by atoms with van der Waals surface area (Å²) >= 11 is 0. The predicted molar refractivity (Wildman–Crippen MR) is 71.3 cm³/mol. The molecule has 3 atom stereocenters. The van der Waals surface area contributed by atoms with Crippen LogP contribution in [0.2, 0.25) is 0 Å². The fraction of sp³-hybridized carbons (Fsp3) is 0.933. The molecule has 1 N–H and O–H groups in total. The lowest BCUT2D eigenvalue weighted by atomic mass is 9.83. The number of alkyl halides is 2. The van der Waals surface area contributed by atoms with Gasteiger partial charge in [0.15, 0.2) is 0 Å². The molecule has 4 heteroatoms. The van der Waals surface area contributed by atoms with Crippen molar-refractivity contribution in [1.29, 1.82) is 0 Å². The van der Waals surface area contributed by atoms with E-state index in [0.717, 1.165) is 13.1 Å². The van der Waals surface area contributed by atoms with Crippen LogP contribution in [-0.4, -0.2) is 24.8 Å². The largest absolute Gasteiger partial charge is 0.316 e. The Hall–Kier alpha value is -0.510. The Morgan fingerprint density at radius 2 is 2.21 bits per heavy atom. The molecule has 0 aromatic heterocycles. The zero-order chi connectivity index (χ0) is 13.9. The van der Waals surface area contributed by atoms with Gasteiger partial charge in [0.25, 0.3) is 0 Å². The maximum atomic E-state index is 13.1. The maximum Gasteiger partial charge on any atom is 0.248 e. The van der Waals surface area contributed by atoms with E-state index in [1.54, 1.807) is 0 Å². The number of nitrogens with one attached hydrogen (secondary N) is 1. The molecule has 1 saturated carbocycles. The summed E-state index contributed by atoms with van der Waals surface area (Å²) in [5.74, 6) is -1.48. The van der Waals surface area contributed by atoms with E-state index in [1.165, 1.54) is 12.8 Å². The standard InChI is InChI=1S/C15H25F2NO/c1-11(13-3-2-6-18-10-13)7-14(19)8-12-4-5-15(16,17)9-12/h11-13,18H,2-10H2,1H3. The molecule has 2 rings (SSSR count). The average Bonchev–Trinajstić information content (AvgIpc) is 2.69. The molecule has 0 spiro atoms. The van der Waals surface area contributed by atoms with Gasteiger partial charge in [-0.05, 0) is 50.1 Å². The molecular weight excluding hydrogens is 248 g/mol. The fourth-order valence-corrected chi connectivity index (χ4v) is 3.51. The summed E-state index contributed by atoms with van der Waals surface area (Å²) in [5.41, 5.74) is 0.